The molecule has 0 amide bonds. The summed E-state index contributed by atoms with van der Waals surface area (Å²) in [5.74, 6) is 0.907. The third kappa shape index (κ3) is 3.95. The van der Waals surface area contributed by atoms with Crippen molar-refractivity contribution in [3.8, 4) is 0 Å². The number of allylic oxidation sites excluding steroid dienone is 4. The number of hydrogen-bond acceptors (Lipinski definition) is 5. The van der Waals surface area contributed by atoms with Gasteiger partial charge in [0.25, 0.3) is 0 Å². The summed E-state index contributed by atoms with van der Waals surface area (Å²) in [6.45, 7) is 10.7. The molecule has 0 aromatic heterocycles. The zero-order valence-electron chi connectivity index (χ0n) is 12.3. The van der Waals surface area contributed by atoms with Gasteiger partial charge in [-0.15, -0.1) is 0 Å². The number of nitrogens with zero attached hydrogens (tertiary/aromatic N) is 3. The second-order valence-corrected chi connectivity index (χ2v) is 5.06. The summed E-state index contributed by atoms with van der Waals surface area (Å²) in [6.07, 6.45) is 5.93. The molecule has 0 aliphatic carbocycles. The number of oxime groups is 1. The molecule has 0 saturated carbocycles. The Hall–Kier alpha value is -1.59. The molecule has 0 aromatic carbocycles. The van der Waals surface area contributed by atoms with Crippen LogP contribution in [-0.2, 0) is 9.57 Å². The lowest BCUT2D eigenvalue weighted by Gasteiger charge is -2.31. The molecule has 2 heterocycles. The predicted octanol–water partition coefficient (Wildman–Crippen LogP) is 1.61. The van der Waals surface area contributed by atoms with Crippen LogP contribution in [0.3, 0.4) is 0 Å². The molecule has 2 aliphatic heterocycles. The first kappa shape index (κ1) is 14.8. The molecule has 20 heavy (non-hydrogen) atoms. The number of morpholine rings is 1. The highest BCUT2D eigenvalue weighted by atomic mass is 16.6. The Kier molecular flexibility index (Phi) is 5.38. The zero-order chi connectivity index (χ0) is 14.4. The van der Waals surface area contributed by atoms with Gasteiger partial charge in [0.1, 0.15) is 6.61 Å². The number of amidine groups is 1. The van der Waals surface area contributed by atoms with E-state index in [9.17, 15) is 0 Å². The predicted molar refractivity (Wildman–Crippen MR) is 80.4 cm³/mol. The summed E-state index contributed by atoms with van der Waals surface area (Å²) in [6, 6.07) is 0. The molecule has 110 valence electrons. The first-order valence-corrected chi connectivity index (χ1v) is 6.92. The molecule has 0 aromatic rings. The molecule has 2 aliphatic rings. The van der Waals surface area contributed by atoms with Crippen molar-refractivity contribution < 1.29 is 9.57 Å². The fraction of sp³-hybridized carbons (Fsp3) is 0.533. The van der Waals surface area contributed by atoms with E-state index in [1.807, 2.05) is 26.1 Å². The van der Waals surface area contributed by atoms with Crippen molar-refractivity contribution in [3.63, 3.8) is 0 Å². The van der Waals surface area contributed by atoms with E-state index in [0.29, 0.717) is 6.61 Å². The van der Waals surface area contributed by atoms with Crippen molar-refractivity contribution in [1.29, 1.82) is 0 Å². The van der Waals surface area contributed by atoms with Crippen molar-refractivity contribution >= 4 is 5.84 Å². The molecule has 0 atom stereocenters. The van der Waals surface area contributed by atoms with Crippen molar-refractivity contribution in [2.24, 2.45) is 5.16 Å². The van der Waals surface area contributed by atoms with Crippen molar-refractivity contribution in [2.45, 2.75) is 6.92 Å². The highest BCUT2D eigenvalue weighted by Gasteiger charge is 2.21. The zero-order valence-corrected chi connectivity index (χ0v) is 12.3. The molecule has 0 unspecified atom stereocenters. The fourth-order valence-corrected chi connectivity index (χ4v) is 2.13. The highest BCUT2D eigenvalue weighted by molar-refractivity contribution is 5.99. The van der Waals surface area contributed by atoms with Gasteiger partial charge in [-0.1, -0.05) is 35.5 Å². The van der Waals surface area contributed by atoms with Gasteiger partial charge in [0, 0.05) is 25.7 Å². The summed E-state index contributed by atoms with van der Waals surface area (Å²) in [4.78, 5) is 9.71. The largest absolute Gasteiger partial charge is 0.389 e. The third-order valence-electron chi connectivity index (χ3n) is 3.41. The van der Waals surface area contributed by atoms with Gasteiger partial charge in [-0.2, -0.15) is 0 Å². The molecule has 5 nitrogen and oxygen atoms in total. The lowest BCUT2D eigenvalue weighted by Crippen LogP contribution is -2.44. The van der Waals surface area contributed by atoms with E-state index < -0.39 is 0 Å². The summed E-state index contributed by atoms with van der Waals surface area (Å²) in [7, 11) is 2.04. The normalized spacial score (nSPS) is 22.6. The standard InChI is InChI=1S/C15H23N3O2/c1-4-13(2)5-6-14-11-20-16-15(14)17(3)12-18-7-9-19-10-8-18/h4-6H,1,7-12H2,2-3H3/b13-5-,14-6?. The van der Waals surface area contributed by atoms with Crippen LogP contribution in [0.1, 0.15) is 6.92 Å². The summed E-state index contributed by atoms with van der Waals surface area (Å²) in [5, 5.41) is 4.15. The maximum atomic E-state index is 5.36. The summed E-state index contributed by atoms with van der Waals surface area (Å²) < 4.78 is 5.36. The Morgan fingerprint density at radius 1 is 1.45 bits per heavy atom. The average Bonchev–Trinajstić information content (AvgIpc) is 2.94. The van der Waals surface area contributed by atoms with Crippen molar-refractivity contribution in [3.05, 3.63) is 36.0 Å². The minimum Gasteiger partial charge on any atom is -0.389 e. The van der Waals surface area contributed by atoms with Crippen LogP contribution in [-0.4, -0.2) is 62.3 Å². The molecular weight excluding hydrogens is 254 g/mol. The molecule has 2 rings (SSSR count). The van der Waals surface area contributed by atoms with Gasteiger partial charge in [-0.3, -0.25) is 4.90 Å². The highest BCUT2D eigenvalue weighted by Crippen LogP contribution is 2.13. The van der Waals surface area contributed by atoms with Crippen molar-refractivity contribution in [2.75, 3.05) is 46.6 Å². The van der Waals surface area contributed by atoms with Crippen LogP contribution in [0, 0.1) is 0 Å². The van der Waals surface area contributed by atoms with Crippen LogP contribution in [0.5, 0.6) is 0 Å². The first-order valence-electron chi connectivity index (χ1n) is 6.92. The summed E-state index contributed by atoms with van der Waals surface area (Å²) >= 11 is 0. The van der Waals surface area contributed by atoms with E-state index >= 15 is 0 Å². The first-order chi connectivity index (χ1) is 9.70. The average molecular weight is 277 g/mol. The van der Waals surface area contributed by atoms with Crippen LogP contribution in [0.15, 0.2) is 41.1 Å². The van der Waals surface area contributed by atoms with E-state index in [1.54, 1.807) is 0 Å². The minimum atomic E-state index is 0.531. The summed E-state index contributed by atoms with van der Waals surface area (Å²) in [5.41, 5.74) is 2.22. The Labute approximate surface area is 120 Å². The molecule has 5 heteroatoms. The maximum absolute atomic E-state index is 5.36. The number of ether oxygens (including phenoxy) is 1. The number of rotatable bonds is 4. The Bertz CT molecular complexity index is 434. The van der Waals surface area contributed by atoms with Crippen molar-refractivity contribution in [1.82, 2.24) is 9.80 Å². The molecule has 0 spiro atoms. The molecule has 0 radical (unpaired) electrons. The van der Waals surface area contributed by atoms with E-state index in [1.165, 1.54) is 0 Å². The van der Waals surface area contributed by atoms with Gasteiger partial charge < -0.3 is 14.5 Å². The molecule has 0 bridgehead atoms. The molecular formula is C15H23N3O2. The SMILES string of the molecule is C=C/C(C)=C\C=C1CON=C1N(C)CN1CCOCC1. The monoisotopic (exact) mass is 277 g/mol. The van der Waals surface area contributed by atoms with Crippen LogP contribution in [0.2, 0.25) is 0 Å². The van der Waals surface area contributed by atoms with Crippen LogP contribution in [0.4, 0.5) is 0 Å². The van der Waals surface area contributed by atoms with E-state index in [-0.39, 0.29) is 0 Å². The lowest BCUT2D eigenvalue weighted by molar-refractivity contribution is 0.0242. The smallest absolute Gasteiger partial charge is 0.175 e. The topological polar surface area (TPSA) is 37.3 Å². The van der Waals surface area contributed by atoms with Gasteiger partial charge in [0.2, 0.25) is 0 Å². The van der Waals surface area contributed by atoms with E-state index in [2.05, 4.69) is 27.6 Å². The molecule has 1 saturated heterocycles. The third-order valence-corrected chi connectivity index (χ3v) is 3.41. The Balaban J connectivity index is 1.97. The van der Waals surface area contributed by atoms with Crippen LogP contribution in [0.25, 0.3) is 0 Å². The van der Waals surface area contributed by atoms with E-state index in [4.69, 9.17) is 9.57 Å². The number of likely N-dealkylation sites (N-methyl/N-ethyl adjacent to an activating group) is 1. The lowest BCUT2D eigenvalue weighted by atomic mass is 10.2. The minimum absolute atomic E-state index is 0.531. The van der Waals surface area contributed by atoms with Gasteiger partial charge in [0.05, 0.1) is 19.9 Å². The van der Waals surface area contributed by atoms with Crippen LogP contribution >= 0.6 is 0 Å². The quantitative estimate of drug-likeness (QED) is 0.732. The van der Waals surface area contributed by atoms with E-state index in [0.717, 1.165) is 50.0 Å². The van der Waals surface area contributed by atoms with Gasteiger partial charge >= 0.3 is 0 Å². The maximum Gasteiger partial charge on any atom is 0.175 e. The Morgan fingerprint density at radius 3 is 2.90 bits per heavy atom. The van der Waals surface area contributed by atoms with Gasteiger partial charge in [0.15, 0.2) is 5.84 Å². The Morgan fingerprint density at radius 2 is 2.20 bits per heavy atom. The van der Waals surface area contributed by atoms with Gasteiger partial charge in [-0.05, 0) is 6.92 Å². The molecule has 1 fully saturated rings. The second kappa shape index (κ2) is 7.26. The number of hydrogen-bond donors (Lipinski definition) is 0. The second-order valence-electron chi connectivity index (χ2n) is 5.06. The van der Waals surface area contributed by atoms with Crippen LogP contribution < -0.4 is 0 Å². The molecule has 0 N–H and O–H groups in total. The van der Waals surface area contributed by atoms with Gasteiger partial charge in [-0.25, -0.2) is 0 Å². The fourth-order valence-electron chi connectivity index (χ4n) is 2.13.